The van der Waals surface area contributed by atoms with Crippen molar-refractivity contribution in [2.24, 2.45) is 0 Å². The van der Waals surface area contributed by atoms with Gasteiger partial charge in [0.25, 0.3) is 10.1 Å². The van der Waals surface area contributed by atoms with Crippen molar-refractivity contribution in [1.82, 2.24) is 5.32 Å². The van der Waals surface area contributed by atoms with E-state index < -0.39 is 21.3 Å². The molecule has 5 nitrogen and oxygen atoms in total. The SMILES string of the molecule is C=CC(=O)NCC(CCCC)S(=O)(=O)O. The molecule has 0 spiro atoms. The van der Waals surface area contributed by atoms with Crippen molar-refractivity contribution in [3.8, 4) is 0 Å². The summed E-state index contributed by atoms with van der Waals surface area (Å²) in [6.07, 6.45) is 2.92. The zero-order valence-electron chi connectivity index (χ0n) is 8.77. The van der Waals surface area contributed by atoms with Gasteiger partial charge in [0.15, 0.2) is 0 Å². The molecule has 0 aliphatic carbocycles. The fourth-order valence-corrected chi connectivity index (χ4v) is 1.83. The van der Waals surface area contributed by atoms with Crippen LogP contribution in [0.4, 0.5) is 0 Å². The smallest absolute Gasteiger partial charge is 0.269 e. The van der Waals surface area contributed by atoms with Gasteiger partial charge in [-0.05, 0) is 12.5 Å². The predicted molar refractivity (Wildman–Crippen MR) is 58.1 cm³/mol. The standard InChI is InChI=1S/C9H17NO4S/c1-3-5-6-8(15(12,13)14)7-10-9(11)4-2/h4,8H,2-3,5-7H2,1H3,(H,10,11)(H,12,13,14). The van der Waals surface area contributed by atoms with Crippen LogP contribution in [0.5, 0.6) is 0 Å². The molecule has 15 heavy (non-hydrogen) atoms. The Kier molecular flexibility index (Phi) is 6.19. The van der Waals surface area contributed by atoms with Crippen LogP contribution in [0.1, 0.15) is 26.2 Å². The third-order valence-electron chi connectivity index (χ3n) is 1.99. The van der Waals surface area contributed by atoms with Gasteiger partial charge < -0.3 is 5.32 Å². The lowest BCUT2D eigenvalue weighted by atomic mass is 10.2. The number of rotatable bonds is 7. The van der Waals surface area contributed by atoms with Crippen LogP contribution in [-0.4, -0.2) is 30.7 Å². The minimum atomic E-state index is -4.09. The van der Waals surface area contributed by atoms with E-state index in [1.807, 2.05) is 6.92 Å². The molecule has 6 heteroatoms. The molecule has 0 aliphatic rings. The van der Waals surface area contributed by atoms with E-state index in [2.05, 4.69) is 11.9 Å². The Morgan fingerprint density at radius 1 is 1.60 bits per heavy atom. The molecule has 0 fully saturated rings. The molecule has 0 heterocycles. The molecule has 1 unspecified atom stereocenters. The monoisotopic (exact) mass is 235 g/mol. The van der Waals surface area contributed by atoms with Crippen LogP contribution in [0, 0.1) is 0 Å². The van der Waals surface area contributed by atoms with Crippen LogP contribution in [0.3, 0.4) is 0 Å². The van der Waals surface area contributed by atoms with Crippen LogP contribution in [0.2, 0.25) is 0 Å². The Bertz CT molecular complexity index is 310. The first-order valence-electron chi connectivity index (χ1n) is 4.78. The molecule has 0 radical (unpaired) electrons. The maximum absolute atomic E-state index is 10.9. The van der Waals surface area contributed by atoms with Crippen molar-refractivity contribution in [2.75, 3.05) is 6.54 Å². The average Bonchev–Trinajstić information content (AvgIpc) is 2.15. The molecule has 88 valence electrons. The fourth-order valence-electron chi connectivity index (χ4n) is 1.07. The van der Waals surface area contributed by atoms with E-state index in [0.29, 0.717) is 12.8 Å². The lowest BCUT2D eigenvalue weighted by molar-refractivity contribution is -0.116. The van der Waals surface area contributed by atoms with E-state index in [9.17, 15) is 13.2 Å². The molecule has 0 aromatic carbocycles. The van der Waals surface area contributed by atoms with Crippen molar-refractivity contribution < 1.29 is 17.8 Å². The van der Waals surface area contributed by atoms with Crippen LogP contribution in [-0.2, 0) is 14.9 Å². The summed E-state index contributed by atoms with van der Waals surface area (Å²) < 4.78 is 30.7. The van der Waals surface area contributed by atoms with E-state index in [1.165, 1.54) is 0 Å². The van der Waals surface area contributed by atoms with E-state index >= 15 is 0 Å². The third kappa shape index (κ3) is 6.24. The zero-order valence-corrected chi connectivity index (χ0v) is 9.59. The number of unbranched alkanes of at least 4 members (excludes halogenated alkanes) is 1. The highest BCUT2D eigenvalue weighted by Gasteiger charge is 2.22. The molecule has 0 aromatic heterocycles. The highest BCUT2D eigenvalue weighted by atomic mass is 32.2. The average molecular weight is 235 g/mol. The van der Waals surface area contributed by atoms with Crippen molar-refractivity contribution in [3.05, 3.63) is 12.7 Å². The molecule has 0 aliphatic heterocycles. The molecule has 0 saturated carbocycles. The van der Waals surface area contributed by atoms with Gasteiger partial charge in [-0.3, -0.25) is 9.35 Å². The Balaban J connectivity index is 4.26. The van der Waals surface area contributed by atoms with E-state index in [-0.39, 0.29) is 6.54 Å². The van der Waals surface area contributed by atoms with Gasteiger partial charge in [-0.2, -0.15) is 8.42 Å². The number of hydrogen-bond acceptors (Lipinski definition) is 3. The summed E-state index contributed by atoms with van der Waals surface area (Å²) in [7, 11) is -4.09. The Morgan fingerprint density at radius 3 is 2.60 bits per heavy atom. The Hall–Kier alpha value is -0.880. The topological polar surface area (TPSA) is 83.5 Å². The highest BCUT2D eigenvalue weighted by molar-refractivity contribution is 7.86. The first-order valence-corrected chi connectivity index (χ1v) is 6.28. The van der Waals surface area contributed by atoms with Gasteiger partial charge in [-0.15, -0.1) is 0 Å². The number of amides is 1. The lowest BCUT2D eigenvalue weighted by Crippen LogP contribution is -2.35. The molecule has 0 aromatic rings. The molecule has 0 saturated heterocycles. The van der Waals surface area contributed by atoms with Gasteiger partial charge in [0.2, 0.25) is 5.91 Å². The van der Waals surface area contributed by atoms with Gasteiger partial charge in [0.1, 0.15) is 5.25 Å². The molecule has 0 bridgehead atoms. The first-order chi connectivity index (χ1) is 6.91. The Morgan fingerprint density at radius 2 is 2.20 bits per heavy atom. The van der Waals surface area contributed by atoms with Crippen molar-refractivity contribution in [2.45, 2.75) is 31.4 Å². The van der Waals surface area contributed by atoms with E-state index in [1.54, 1.807) is 0 Å². The van der Waals surface area contributed by atoms with Crippen molar-refractivity contribution in [3.63, 3.8) is 0 Å². The highest BCUT2D eigenvalue weighted by Crippen LogP contribution is 2.08. The van der Waals surface area contributed by atoms with Crippen molar-refractivity contribution in [1.29, 1.82) is 0 Å². The van der Waals surface area contributed by atoms with Gasteiger partial charge in [-0.25, -0.2) is 0 Å². The molecule has 0 rings (SSSR count). The molecular formula is C9H17NO4S. The third-order valence-corrected chi connectivity index (χ3v) is 3.24. The quantitative estimate of drug-likeness (QED) is 0.503. The summed E-state index contributed by atoms with van der Waals surface area (Å²) in [5.74, 6) is -0.444. The van der Waals surface area contributed by atoms with Crippen LogP contribution in [0.15, 0.2) is 12.7 Å². The summed E-state index contributed by atoms with van der Waals surface area (Å²) in [5, 5.41) is 1.42. The van der Waals surface area contributed by atoms with E-state index in [0.717, 1.165) is 12.5 Å². The lowest BCUT2D eigenvalue weighted by Gasteiger charge is -2.13. The number of nitrogens with one attached hydrogen (secondary N) is 1. The van der Waals surface area contributed by atoms with Gasteiger partial charge in [0.05, 0.1) is 0 Å². The second-order valence-electron chi connectivity index (χ2n) is 3.23. The van der Waals surface area contributed by atoms with Gasteiger partial charge in [-0.1, -0.05) is 26.3 Å². The summed E-state index contributed by atoms with van der Waals surface area (Å²) >= 11 is 0. The second kappa shape index (κ2) is 6.58. The molecule has 1 amide bonds. The summed E-state index contributed by atoms with van der Waals surface area (Å²) in [4.78, 5) is 10.8. The number of carbonyl (C=O) groups excluding carboxylic acids is 1. The van der Waals surface area contributed by atoms with Crippen LogP contribution >= 0.6 is 0 Å². The minimum absolute atomic E-state index is 0.0797. The minimum Gasteiger partial charge on any atom is -0.351 e. The maximum atomic E-state index is 10.9. The first kappa shape index (κ1) is 14.1. The second-order valence-corrected chi connectivity index (χ2v) is 4.93. The largest absolute Gasteiger partial charge is 0.351 e. The summed E-state index contributed by atoms with van der Waals surface area (Å²) in [6.45, 7) is 5.08. The van der Waals surface area contributed by atoms with Crippen LogP contribution < -0.4 is 5.32 Å². The maximum Gasteiger partial charge on any atom is 0.269 e. The normalized spacial score (nSPS) is 13.2. The van der Waals surface area contributed by atoms with Crippen LogP contribution in [0.25, 0.3) is 0 Å². The fraction of sp³-hybridized carbons (Fsp3) is 0.667. The van der Waals surface area contributed by atoms with Gasteiger partial charge >= 0.3 is 0 Å². The van der Waals surface area contributed by atoms with Crippen molar-refractivity contribution >= 4 is 16.0 Å². The van der Waals surface area contributed by atoms with E-state index in [4.69, 9.17) is 4.55 Å². The zero-order chi connectivity index (χ0) is 11.9. The predicted octanol–water partition coefficient (Wildman–Crippen LogP) is 0.735. The van der Waals surface area contributed by atoms with Gasteiger partial charge in [0, 0.05) is 6.54 Å². The Labute approximate surface area is 90.3 Å². The number of hydrogen-bond donors (Lipinski definition) is 2. The number of carbonyl (C=O) groups is 1. The molecular weight excluding hydrogens is 218 g/mol. The molecule has 2 N–H and O–H groups in total. The molecule has 1 atom stereocenters. The summed E-state index contributed by atoms with van der Waals surface area (Å²) in [5.41, 5.74) is 0. The summed E-state index contributed by atoms with van der Waals surface area (Å²) in [6, 6.07) is 0.